The fourth-order valence-corrected chi connectivity index (χ4v) is 2.05. The highest BCUT2D eigenvalue weighted by atomic mass is 32.1. The van der Waals surface area contributed by atoms with Gasteiger partial charge in [0, 0.05) is 13.1 Å². The number of hydrogen-bond acceptors (Lipinski definition) is 5. The van der Waals surface area contributed by atoms with Crippen molar-refractivity contribution in [3.8, 4) is 0 Å². The minimum Gasteiger partial charge on any atom is -0.469 e. The Morgan fingerprint density at radius 1 is 1.42 bits per heavy atom. The molecular weight excluding hydrogens is 270 g/mol. The van der Waals surface area contributed by atoms with Gasteiger partial charge in [-0.05, 0) is 5.92 Å². The molecule has 19 heavy (non-hydrogen) atoms. The standard InChI is InChI=1S/C11H17N3O4S/c1-6-4-14(5-7(6)11(17)18-2)10(16)9(15)13-3-8(12)19/h6-7H,3-5H2,1-2H3,(H2,12,19)(H,13,15). The van der Waals surface area contributed by atoms with Gasteiger partial charge in [0.25, 0.3) is 0 Å². The number of carbonyl (C=O) groups excluding carboxylic acids is 3. The number of likely N-dealkylation sites (tertiary alicyclic amines) is 1. The van der Waals surface area contributed by atoms with Gasteiger partial charge in [-0.25, -0.2) is 0 Å². The molecule has 1 saturated heterocycles. The van der Waals surface area contributed by atoms with Crippen LogP contribution in [0.5, 0.6) is 0 Å². The van der Waals surface area contributed by atoms with E-state index in [1.807, 2.05) is 6.92 Å². The number of ether oxygens (including phenoxy) is 1. The van der Waals surface area contributed by atoms with E-state index in [1.165, 1.54) is 12.0 Å². The van der Waals surface area contributed by atoms with Crippen molar-refractivity contribution in [1.82, 2.24) is 10.2 Å². The van der Waals surface area contributed by atoms with Crippen LogP contribution < -0.4 is 11.1 Å². The van der Waals surface area contributed by atoms with Crippen molar-refractivity contribution >= 4 is 35.0 Å². The van der Waals surface area contributed by atoms with Gasteiger partial charge in [-0.2, -0.15) is 0 Å². The molecule has 1 aliphatic heterocycles. The molecule has 7 nitrogen and oxygen atoms in total. The van der Waals surface area contributed by atoms with Crippen molar-refractivity contribution in [3.05, 3.63) is 0 Å². The van der Waals surface area contributed by atoms with E-state index < -0.39 is 17.7 Å². The number of thiocarbonyl (C=S) groups is 1. The number of nitrogens with one attached hydrogen (secondary N) is 1. The molecule has 8 heteroatoms. The lowest BCUT2D eigenvalue weighted by molar-refractivity contribution is -0.147. The number of nitrogens with zero attached hydrogens (tertiary/aromatic N) is 1. The third-order valence-corrected chi connectivity index (χ3v) is 3.17. The van der Waals surface area contributed by atoms with E-state index in [0.717, 1.165) is 0 Å². The molecule has 0 saturated carbocycles. The molecule has 0 aromatic rings. The minimum atomic E-state index is -0.773. The van der Waals surface area contributed by atoms with Crippen molar-refractivity contribution in [1.29, 1.82) is 0 Å². The monoisotopic (exact) mass is 287 g/mol. The molecule has 1 heterocycles. The average Bonchev–Trinajstić information content (AvgIpc) is 2.76. The molecule has 0 aliphatic carbocycles. The van der Waals surface area contributed by atoms with Crippen LogP contribution in [0.25, 0.3) is 0 Å². The molecule has 0 spiro atoms. The normalized spacial score (nSPS) is 21.9. The Hall–Kier alpha value is -1.70. The number of rotatable bonds is 3. The van der Waals surface area contributed by atoms with Gasteiger partial charge >= 0.3 is 17.8 Å². The molecule has 2 unspecified atom stereocenters. The number of amides is 2. The molecule has 2 amide bonds. The molecule has 0 bridgehead atoms. The largest absolute Gasteiger partial charge is 0.469 e. The summed E-state index contributed by atoms with van der Waals surface area (Å²) in [6, 6.07) is 0. The van der Waals surface area contributed by atoms with E-state index >= 15 is 0 Å². The second-order valence-electron chi connectivity index (χ2n) is 4.47. The van der Waals surface area contributed by atoms with E-state index in [1.54, 1.807) is 0 Å². The fourth-order valence-electron chi connectivity index (χ4n) is 1.98. The van der Waals surface area contributed by atoms with Crippen molar-refractivity contribution in [3.63, 3.8) is 0 Å². The van der Waals surface area contributed by atoms with Gasteiger partial charge in [-0.1, -0.05) is 19.1 Å². The van der Waals surface area contributed by atoms with Crippen LogP contribution in [0.2, 0.25) is 0 Å². The lowest BCUT2D eigenvalue weighted by atomic mass is 9.99. The highest BCUT2D eigenvalue weighted by Crippen LogP contribution is 2.23. The number of hydrogen-bond donors (Lipinski definition) is 2. The first kappa shape index (κ1) is 15.4. The Morgan fingerprint density at radius 3 is 2.58 bits per heavy atom. The van der Waals surface area contributed by atoms with Crippen molar-refractivity contribution in [2.24, 2.45) is 17.6 Å². The summed E-state index contributed by atoms with van der Waals surface area (Å²) in [6.45, 7) is 2.35. The van der Waals surface area contributed by atoms with Crippen LogP contribution in [0.15, 0.2) is 0 Å². The Labute approximate surface area is 116 Å². The van der Waals surface area contributed by atoms with Gasteiger partial charge in [0.05, 0.1) is 24.6 Å². The third kappa shape index (κ3) is 3.88. The quantitative estimate of drug-likeness (QED) is 0.378. The predicted octanol–water partition coefficient (Wildman–Crippen LogP) is -1.34. The van der Waals surface area contributed by atoms with Crippen LogP contribution in [-0.4, -0.2) is 54.4 Å². The summed E-state index contributed by atoms with van der Waals surface area (Å²) >= 11 is 4.60. The Morgan fingerprint density at radius 2 is 2.05 bits per heavy atom. The predicted molar refractivity (Wildman–Crippen MR) is 71.0 cm³/mol. The van der Waals surface area contributed by atoms with Crippen LogP contribution in [0, 0.1) is 11.8 Å². The fraction of sp³-hybridized carbons (Fsp3) is 0.636. The van der Waals surface area contributed by atoms with E-state index in [-0.39, 0.29) is 30.0 Å². The number of carbonyl (C=O) groups is 3. The maximum atomic E-state index is 11.8. The Kier molecular flexibility index (Phi) is 5.22. The minimum absolute atomic E-state index is 0.0241. The number of methoxy groups -OCH3 is 1. The van der Waals surface area contributed by atoms with E-state index in [2.05, 4.69) is 22.3 Å². The SMILES string of the molecule is COC(=O)C1CN(C(=O)C(=O)NCC(N)=S)CC1C. The van der Waals surface area contributed by atoms with Gasteiger partial charge in [0.2, 0.25) is 0 Å². The highest BCUT2D eigenvalue weighted by molar-refractivity contribution is 7.80. The summed E-state index contributed by atoms with van der Waals surface area (Å²) < 4.78 is 4.66. The van der Waals surface area contributed by atoms with E-state index in [9.17, 15) is 14.4 Å². The molecule has 106 valence electrons. The average molecular weight is 287 g/mol. The zero-order valence-electron chi connectivity index (χ0n) is 10.8. The molecule has 3 N–H and O–H groups in total. The second-order valence-corrected chi connectivity index (χ2v) is 4.99. The summed E-state index contributed by atoms with van der Waals surface area (Å²) in [5, 5.41) is 2.32. The topological polar surface area (TPSA) is 102 Å². The lowest BCUT2D eigenvalue weighted by Gasteiger charge is -2.15. The molecule has 1 aliphatic rings. The zero-order valence-corrected chi connectivity index (χ0v) is 11.7. The molecule has 1 fully saturated rings. The smallest absolute Gasteiger partial charge is 0.311 e. The first-order chi connectivity index (χ1) is 8.86. The van der Waals surface area contributed by atoms with Crippen LogP contribution in [0.1, 0.15) is 6.92 Å². The Bertz CT molecular complexity index is 413. The van der Waals surface area contributed by atoms with Gasteiger partial charge in [0.15, 0.2) is 0 Å². The molecule has 1 rings (SSSR count). The van der Waals surface area contributed by atoms with E-state index in [0.29, 0.717) is 6.54 Å². The second kappa shape index (κ2) is 6.46. The third-order valence-electron chi connectivity index (χ3n) is 3.02. The molecular formula is C11H17N3O4S. The van der Waals surface area contributed by atoms with Gasteiger partial charge in [0.1, 0.15) is 0 Å². The van der Waals surface area contributed by atoms with E-state index in [4.69, 9.17) is 5.73 Å². The van der Waals surface area contributed by atoms with Crippen molar-refractivity contribution in [2.75, 3.05) is 26.7 Å². The summed E-state index contributed by atoms with van der Waals surface area (Å²) in [5.41, 5.74) is 5.23. The first-order valence-corrected chi connectivity index (χ1v) is 6.20. The summed E-state index contributed by atoms with van der Waals surface area (Å²) in [4.78, 5) is 36.3. The van der Waals surface area contributed by atoms with Crippen molar-refractivity contribution < 1.29 is 19.1 Å². The summed E-state index contributed by atoms with van der Waals surface area (Å²) in [5.74, 6) is -2.26. The van der Waals surface area contributed by atoms with Crippen LogP contribution >= 0.6 is 12.2 Å². The first-order valence-electron chi connectivity index (χ1n) is 5.80. The van der Waals surface area contributed by atoms with Crippen LogP contribution in [0.4, 0.5) is 0 Å². The molecule has 0 aromatic carbocycles. The van der Waals surface area contributed by atoms with Gasteiger partial charge < -0.3 is 20.7 Å². The highest BCUT2D eigenvalue weighted by Gasteiger charge is 2.39. The summed E-state index contributed by atoms with van der Waals surface area (Å²) in [6.07, 6.45) is 0. The lowest BCUT2D eigenvalue weighted by Crippen LogP contribution is -2.44. The molecule has 0 radical (unpaired) electrons. The maximum Gasteiger partial charge on any atom is 0.311 e. The number of nitrogens with two attached hydrogens (primary N) is 1. The molecule has 0 aromatic heterocycles. The van der Waals surface area contributed by atoms with Gasteiger partial charge in [-0.3, -0.25) is 14.4 Å². The van der Waals surface area contributed by atoms with Gasteiger partial charge in [-0.15, -0.1) is 0 Å². The van der Waals surface area contributed by atoms with Crippen molar-refractivity contribution in [2.45, 2.75) is 6.92 Å². The number of esters is 1. The van der Waals surface area contributed by atoms with Crippen LogP contribution in [0.3, 0.4) is 0 Å². The van der Waals surface area contributed by atoms with Crippen LogP contribution in [-0.2, 0) is 19.1 Å². The summed E-state index contributed by atoms with van der Waals surface area (Å²) in [7, 11) is 1.30. The maximum absolute atomic E-state index is 11.8. The molecule has 2 atom stereocenters. The zero-order chi connectivity index (χ0) is 14.6. The Balaban J connectivity index is 2.58.